The normalized spacial score (nSPS) is 11.8. The van der Waals surface area contributed by atoms with Gasteiger partial charge in [-0.1, -0.05) is 13.3 Å². The summed E-state index contributed by atoms with van der Waals surface area (Å²) in [5.74, 6) is -1.41. The molecule has 18 heavy (non-hydrogen) atoms. The van der Waals surface area contributed by atoms with Crippen molar-refractivity contribution in [3.8, 4) is 0 Å². The molecule has 6 heteroatoms. The SMILES string of the molecule is CCCC(CC(=O)O)NC(=O)c1ccc(=O)oc1. The van der Waals surface area contributed by atoms with Crippen LogP contribution in [0.25, 0.3) is 0 Å². The van der Waals surface area contributed by atoms with Crippen LogP contribution >= 0.6 is 0 Å². The molecule has 0 spiro atoms. The molecule has 1 aromatic heterocycles. The van der Waals surface area contributed by atoms with Gasteiger partial charge in [0.05, 0.1) is 12.0 Å². The van der Waals surface area contributed by atoms with Gasteiger partial charge >= 0.3 is 11.6 Å². The van der Waals surface area contributed by atoms with Crippen molar-refractivity contribution in [1.29, 1.82) is 0 Å². The van der Waals surface area contributed by atoms with Crippen LogP contribution in [0.15, 0.2) is 27.6 Å². The number of rotatable bonds is 6. The van der Waals surface area contributed by atoms with Crippen molar-refractivity contribution in [3.63, 3.8) is 0 Å². The third-order valence-electron chi connectivity index (χ3n) is 2.36. The lowest BCUT2D eigenvalue weighted by molar-refractivity contribution is -0.137. The molecular weight excluding hydrogens is 238 g/mol. The summed E-state index contributed by atoms with van der Waals surface area (Å²) in [6.07, 6.45) is 2.27. The van der Waals surface area contributed by atoms with E-state index < -0.39 is 23.5 Å². The van der Waals surface area contributed by atoms with Crippen LogP contribution in [0.5, 0.6) is 0 Å². The summed E-state index contributed by atoms with van der Waals surface area (Å²) in [6.45, 7) is 1.91. The summed E-state index contributed by atoms with van der Waals surface area (Å²) < 4.78 is 4.57. The maximum Gasteiger partial charge on any atom is 0.335 e. The Kier molecular flexibility index (Phi) is 5.10. The van der Waals surface area contributed by atoms with Gasteiger partial charge in [0.1, 0.15) is 6.26 Å². The van der Waals surface area contributed by atoms with E-state index in [9.17, 15) is 14.4 Å². The minimum absolute atomic E-state index is 0.129. The molecule has 98 valence electrons. The largest absolute Gasteiger partial charge is 0.481 e. The highest BCUT2D eigenvalue weighted by molar-refractivity contribution is 5.94. The summed E-state index contributed by atoms with van der Waals surface area (Å²) in [4.78, 5) is 33.1. The molecular formula is C12H15NO5. The molecule has 0 aliphatic rings. The summed E-state index contributed by atoms with van der Waals surface area (Å²) >= 11 is 0. The molecule has 1 aromatic rings. The van der Waals surface area contributed by atoms with E-state index in [0.29, 0.717) is 6.42 Å². The molecule has 6 nitrogen and oxygen atoms in total. The Morgan fingerprint density at radius 3 is 2.67 bits per heavy atom. The van der Waals surface area contributed by atoms with Crippen molar-refractivity contribution >= 4 is 11.9 Å². The van der Waals surface area contributed by atoms with E-state index in [1.807, 2.05) is 6.92 Å². The van der Waals surface area contributed by atoms with Crippen molar-refractivity contribution in [2.75, 3.05) is 0 Å². The number of hydrogen-bond acceptors (Lipinski definition) is 4. The van der Waals surface area contributed by atoms with Crippen LogP contribution in [0.4, 0.5) is 0 Å². The first kappa shape index (κ1) is 14.0. The van der Waals surface area contributed by atoms with Crippen LogP contribution in [0.2, 0.25) is 0 Å². The second-order valence-electron chi connectivity index (χ2n) is 3.90. The van der Waals surface area contributed by atoms with Crippen molar-refractivity contribution in [3.05, 3.63) is 34.4 Å². The highest BCUT2D eigenvalue weighted by Gasteiger charge is 2.16. The number of carbonyl (C=O) groups is 2. The third kappa shape index (κ3) is 4.40. The summed E-state index contributed by atoms with van der Waals surface area (Å²) in [5.41, 5.74) is -0.344. The van der Waals surface area contributed by atoms with Crippen LogP contribution in [0.1, 0.15) is 36.5 Å². The maximum atomic E-state index is 11.8. The number of aliphatic carboxylic acids is 1. The monoisotopic (exact) mass is 253 g/mol. The molecule has 0 saturated heterocycles. The van der Waals surface area contributed by atoms with Crippen molar-refractivity contribution in [1.82, 2.24) is 5.32 Å². The minimum Gasteiger partial charge on any atom is -0.481 e. The molecule has 2 N–H and O–H groups in total. The number of hydrogen-bond donors (Lipinski definition) is 2. The second kappa shape index (κ2) is 6.58. The van der Waals surface area contributed by atoms with Gasteiger partial charge in [0, 0.05) is 12.1 Å². The summed E-state index contributed by atoms with van der Waals surface area (Å²) in [6, 6.07) is 2.05. The number of carbonyl (C=O) groups excluding carboxylic acids is 1. The molecule has 1 unspecified atom stereocenters. The van der Waals surface area contributed by atoms with Gasteiger partial charge in [-0.15, -0.1) is 0 Å². The van der Waals surface area contributed by atoms with Gasteiger partial charge in [0.15, 0.2) is 0 Å². The lowest BCUT2D eigenvalue weighted by Gasteiger charge is -2.15. The molecule has 0 fully saturated rings. The maximum absolute atomic E-state index is 11.8. The molecule has 1 atom stereocenters. The third-order valence-corrected chi connectivity index (χ3v) is 2.36. The first-order chi connectivity index (χ1) is 8.52. The number of nitrogens with one attached hydrogen (secondary N) is 1. The van der Waals surface area contributed by atoms with E-state index in [2.05, 4.69) is 9.73 Å². The average Bonchev–Trinajstić information content (AvgIpc) is 2.29. The van der Waals surface area contributed by atoms with Gasteiger partial charge in [0.2, 0.25) is 0 Å². The van der Waals surface area contributed by atoms with Crippen molar-refractivity contribution in [2.45, 2.75) is 32.2 Å². The quantitative estimate of drug-likeness (QED) is 0.788. The summed E-state index contributed by atoms with van der Waals surface area (Å²) in [5, 5.41) is 11.3. The predicted molar refractivity (Wildman–Crippen MR) is 63.4 cm³/mol. The molecule has 0 aromatic carbocycles. The smallest absolute Gasteiger partial charge is 0.335 e. The Hall–Kier alpha value is -2.11. The average molecular weight is 253 g/mol. The highest BCUT2D eigenvalue weighted by Crippen LogP contribution is 2.04. The van der Waals surface area contributed by atoms with E-state index >= 15 is 0 Å². The fraction of sp³-hybridized carbons (Fsp3) is 0.417. The standard InChI is InChI=1S/C12H15NO5/c1-2-3-9(6-10(14)15)13-12(17)8-4-5-11(16)18-7-8/h4-5,7,9H,2-3,6H2,1H3,(H,13,17)(H,14,15). The zero-order valence-electron chi connectivity index (χ0n) is 10.0. The molecule has 1 rings (SSSR count). The Morgan fingerprint density at radius 1 is 1.44 bits per heavy atom. The Morgan fingerprint density at radius 2 is 2.17 bits per heavy atom. The van der Waals surface area contributed by atoms with Gasteiger partial charge in [-0.25, -0.2) is 4.79 Å². The van der Waals surface area contributed by atoms with Crippen LogP contribution in [0.3, 0.4) is 0 Å². The van der Waals surface area contributed by atoms with Gasteiger partial charge in [-0.2, -0.15) is 0 Å². The number of carboxylic acids is 1. The van der Waals surface area contributed by atoms with Gasteiger partial charge in [-0.05, 0) is 12.5 Å². The van der Waals surface area contributed by atoms with Crippen LogP contribution in [-0.2, 0) is 4.79 Å². The predicted octanol–water partition coefficient (Wildman–Crippen LogP) is 1.01. The second-order valence-corrected chi connectivity index (χ2v) is 3.90. The molecule has 0 bridgehead atoms. The van der Waals surface area contributed by atoms with Crippen LogP contribution < -0.4 is 10.9 Å². The molecule has 0 saturated carbocycles. The Bertz CT molecular complexity index is 459. The fourth-order valence-corrected chi connectivity index (χ4v) is 1.54. The first-order valence-corrected chi connectivity index (χ1v) is 5.64. The van der Waals surface area contributed by atoms with E-state index in [1.54, 1.807) is 0 Å². The number of amides is 1. The van der Waals surface area contributed by atoms with Crippen LogP contribution in [-0.4, -0.2) is 23.0 Å². The fourth-order valence-electron chi connectivity index (χ4n) is 1.54. The highest BCUT2D eigenvalue weighted by atomic mass is 16.4. The number of carboxylic acid groups (broad SMARTS) is 1. The van der Waals surface area contributed by atoms with Crippen molar-refractivity contribution < 1.29 is 19.1 Å². The van der Waals surface area contributed by atoms with Gasteiger partial charge in [-0.3, -0.25) is 9.59 Å². The van der Waals surface area contributed by atoms with Gasteiger partial charge < -0.3 is 14.8 Å². The molecule has 1 amide bonds. The lowest BCUT2D eigenvalue weighted by Crippen LogP contribution is -2.36. The molecule has 0 aliphatic carbocycles. The van der Waals surface area contributed by atoms with E-state index in [4.69, 9.17) is 5.11 Å². The Labute approximate surface area is 104 Å². The summed E-state index contributed by atoms with van der Waals surface area (Å²) in [7, 11) is 0. The van der Waals surface area contributed by atoms with Gasteiger partial charge in [0.25, 0.3) is 5.91 Å². The zero-order valence-corrected chi connectivity index (χ0v) is 10.0. The Balaban J connectivity index is 2.68. The van der Waals surface area contributed by atoms with E-state index in [0.717, 1.165) is 18.8 Å². The minimum atomic E-state index is -0.964. The molecule has 0 radical (unpaired) electrons. The first-order valence-electron chi connectivity index (χ1n) is 5.64. The molecule has 1 heterocycles. The van der Waals surface area contributed by atoms with Crippen molar-refractivity contribution in [2.24, 2.45) is 0 Å². The zero-order chi connectivity index (χ0) is 13.5. The lowest BCUT2D eigenvalue weighted by atomic mass is 10.1. The van der Waals surface area contributed by atoms with Crippen LogP contribution in [0, 0.1) is 0 Å². The molecule has 0 aliphatic heterocycles. The van der Waals surface area contributed by atoms with E-state index in [1.165, 1.54) is 6.07 Å². The topological polar surface area (TPSA) is 96.6 Å². The van der Waals surface area contributed by atoms with E-state index in [-0.39, 0.29) is 12.0 Å².